The molecule has 1 fully saturated rings. The molecule has 1 unspecified atom stereocenters. The van der Waals surface area contributed by atoms with Gasteiger partial charge in [-0.15, -0.1) is 0 Å². The van der Waals surface area contributed by atoms with E-state index in [-0.39, 0.29) is 11.8 Å². The van der Waals surface area contributed by atoms with E-state index in [9.17, 15) is 9.59 Å². The number of hydrogen-bond donors (Lipinski definition) is 1. The standard InChI is InChI=1S/C9H17N3O2/c1-8(14)9-3-5-11(6-4-10-2)12(9)7-13/h7,9-10H,3-6H2,1-2H3. The number of rotatable bonds is 5. The SMILES string of the molecule is CNCCN1CCC(C(C)=O)N1C=O. The maximum Gasteiger partial charge on any atom is 0.224 e. The number of hydrogen-bond acceptors (Lipinski definition) is 4. The fraction of sp³-hybridized carbons (Fsp3) is 0.778. The first-order valence-electron chi connectivity index (χ1n) is 4.84. The Labute approximate surface area is 84.0 Å². The summed E-state index contributed by atoms with van der Waals surface area (Å²) in [6, 6.07) is -0.246. The number of nitrogens with zero attached hydrogens (tertiary/aromatic N) is 2. The molecule has 1 atom stereocenters. The maximum atomic E-state index is 11.2. The Bertz CT molecular complexity index is 220. The minimum absolute atomic E-state index is 0.0593. The van der Waals surface area contributed by atoms with Crippen LogP contribution in [0.15, 0.2) is 0 Å². The number of carbonyl (C=O) groups excluding carboxylic acids is 2. The predicted octanol–water partition coefficient (Wildman–Crippen LogP) is -0.757. The van der Waals surface area contributed by atoms with E-state index in [0.29, 0.717) is 0 Å². The number of amides is 1. The summed E-state index contributed by atoms with van der Waals surface area (Å²) in [5.74, 6) is 0.0593. The van der Waals surface area contributed by atoms with Crippen LogP contribution < -0.4 is 5.32 Å². The summed E-state index contributed by atoms with van der Waals surface area (Å²) in [5, 5.41) is 6.44. The summed E-state index contributed by atoms with van der Waals surface area (Å²) >= 11 is 0. The van der Waals surface area contributed by atoms with Gasteiger partial charge in [0.1, 0.15) is 6.04 Å². The van der Waals surface area contributed by atoms with Crippen LogP contribution in [0.3, 0.4) is 0 Å². The summed E-state index contributed by atoms with van der Waals surface area (Å²) in [6.07, 6.45) is 1.49. The van der Waals surface area contributed by atoms with Gasteiger partial charge in [0.25, 0.3) is 0 Å². The van der Waals surface area contributed by atoms with Gasteiger partial charge in [-0.1, -0.05) is 0 Å². The molecule has 0 aromatic heterocycles. The summed E-state index contributed by atoms with van der Waals surface area (Å²) in [5.41, 5.74) is 0. The van der Waals surface area contributed by atoms with Crippen molar-refractivity contribution in [1.82, 2.24) is 15.3 Å². The molecule has 0 bridgehead atoms. The fourth-order valence-electron chi connectivity index (χ4n) is 1.71. The second kappa shape index (κ2) is 5.07. The smallest absolute Gasteiger partial charge is 0.224 e. The highest BCUT2D eigenvalue weighted by molar-refractivity contribution is 5.83. The molecular weight excluding hydrogens is 182 g/mol. The highest BCUT2D eigenvalue weighted by Gasteiger charge is 2.32. The van der Waals surface area contributed by atoms with E-state index in [2.05, 4.69) is 5.32 Å². The molecule has 0 spiro atoms. The quantitative estimate of drug-likeness (QED) is 0.591. The molecule has 80 valence electrons. The fourth-order valence-corrected chi connectivity index (χ4v) is 1.71. The lowest BCUT2D eigenvalue weighted by molar-refractivity contribution is -0.140. The first kappa shape index (κ1) is 11.1. The Hall–Kier alpha value is -0.940. The highest BCUT2D eigenvalue weighted by atomic mass is 16.2. The topological polar surface area (TPSA) is 52.7 Å². The molecular formula is C9H17N3O2. The van der Waals surface area contributed by atoms with Crippen molar-refractivity contribution in [1.29, 1.82) is 0 Å². The minimum atomic E-state index is -0.246. The molecule has 0 aliphatic carbocycles. The zero-order valence-electron chi connectivity index (χ0n) is 8.69. The lowest BCUT2D eigenvalue weighted by Gasteiger charge is -2.27. The normalized spacial score (nSPS) is 22.7. The predicted molar refractivity (Wildman–Crippen MR) is 52.5 cm³/mol. The van der Waals surface area contributed by atoms with Gasteiger partial charge in [-0.2, -0.15) is 0 Å². The van der Waals surface area contributed by atoms with Crippen LogP contribution in [0.1, 0.15) is 13.3 Å². The first-order chi connectivity index (χ1) is 6.70. The van der Waals surface area contributed by atoms with E-state index in [1.165, 1.54) is 11.9 Å². The van der Waals surface area contributed by atoms with Crippen molar-refractivity contribution in [2.45, 2.75) is 19.4 Å². The average molecular weight is 199 g/mol. The van der Waals surface area contributed by atoms with Gasteiger partial charge in [0.2, 0.25) is 6.41 Å². The monoisotopic (exact) mass is 199 g/mol. The molecule has 0 aromatic rings. The molecule has 0 radical (unpaired) electrons. The Morgan fingerprint density at radius 1 is 1.64 bits per heavy atom. The van der Waals surface area contributed by atoms with Gasteiger partial charge in [0.05, 0.1) is 0 Å². The average Bonchev–Trinajstić information content (AvgIpc) is 2.57. The second-order valence-corrected chi connectivity index (χ2v) is 3.46. The van der Waals surface area contributed by atoms with Crippen molar-refractivity contribution in [3.63, 3.8) is 0 Å². The largest absolute Gasteiger partial charge is 0.318 e. The van der Waals surface area contributed by atoms with Crippen molar-refractivity contribution >= 4 is 12.2 Å². The molecule has 1 heterocycles. The van der Waals surface area contributed by atoms with E-state index in [0.717, 1.165) is 32.5 Å². The van der Waals surface area contributed by atoms with E-state index in [1.54, 1.807) is 0 Å². The molecule has 1 aliphatic heterocycles. The molecule has 5 heteroatoms. The first-order valence-corrected chi connectivity index (χ1v) is 4.84. The van der Waals surface area contributed by atoms with Crippen molar-refractivity contribution in [2.24, 2.45) is 0 Å². The molecule has 0 saturated carbocycles. The van der Waals surface area contributed by atoms with Gasteiger partial charge in [-0.3, -0.25) is 14.6 Å². The Balaban J connectivity index is 2.54. The lowest BCUT2D eigenvalue weighted by Crippen LogP contribution is -2.44. The zero-order valence-corrected chi connectivity index (χ0v) is 8.69. The Morgan fingerprint density at radius 3 is 2.86 bits per heavy atom. The zero-order chi connectivity index (χ0) is 10.6. The Morgan fingerprint density at radius 2 is 2.36 bits per heavy atom. The summed E-state index contributed by atoms with van der Waals surface area (Å²) in [7, 11) is 1.86. The van der Waals surface area contributed by atoms with Crippen LogP contribution >= 0.6 is 0 Å². The molecule has 14 heavy (non-hydrogen) atoms. The van der Waals surface area contributed by atoms with Gasteiger partial charge < -0.3 is 5.32 Å². The molecule has 1 N–H and O–H groups in total. The van der Waals surface area contributed by atoms with Gasteiger partial charge in [0, 0.05) is 19.6 Å². The molecule has 1 amide bonds. The third kappa shape index (κ3) is 2.30. The van der Waals surface area contributed by atoms with Crippen molar-refractivity contribution in [3.8, 4) is 0 Å². The van der Waals surface area contributed by atoms with Crippen molar-refractivity contribution in [3.05, 3.63) is 0 Å². The van der Waals surface area contributed by atoms with E-state index in [1.807, 2.05) is 12.1 Å². The molecule has 1 saturated heterocycles. The van der Waals surface area contributed by atoms with E-state index >= 15 is 0 Å². The van der Waals surface area contributed by atoms with Crippen LogP contribution in [0.4, 0.5) is 0 Å². The molecule has 1 aliphatic rings. The van der Waals surface area contributed by atoms with E-state index in [4.69, 9.17) is 0 Å². The second-order valence-electron chi connectivity index (χ2n) is 3.46. The highest BCUT2D eigenvalue weighted by Crippen LogP contribution is 2.16. The number of carbonyl (C=O) groups is 2. The number of ketones is 1. The van der Waals surface area contributed by atoms with Gasteiger partial charge >= 0.3 is 0 Å². The van der Waals surface area contributed by atoms with E-state index < -0.39 is 0 Å². The van der Waals surface area contributed by atoms with Crippen LogP contribution in [-0.4, -0.2) is 54.9 Å². The van der Waals surface area contributed by atoms with Crippen molar-refractivity contribution in [2.75, 3.05) is 26.7 Å². The van der Waals surface area contributed by atoms with Gasteiger partial charge in [0.15, 0.2) is 5.78 Å². The van der Waals surface area contributed by atoms with Crippen LogP contribution in [0, 0.1) is 0 Å². The molecule has 1 rings (SSSR count). The summed E-state index contributed by atoms with van der Waals surface area (Å²) in [4.78, 5) is 22.0. The van der Waals surface area contributed by atoms with Crippen LogP contribution in [0.25, 0.3) is 0 Å². The van der Waals surface area contributed by atoms with Gasteiger partial charge in [-0.05, 0) is 20.4 Å². The third-order valence-electron chi connectivity index (χ3n) is 2.50. The maximum absolute atomic E-state index is 11.2. The van der Waals surface area contributed by atoms with Crippen LogP contribution in [-0.2, 0) is 9.59 Å². The summed E-state index contributed by atoms with van der Waals surface area (Å²) in [6.45, 7) is 3.89. The molecule has 0 aromatic carbocycles. The summed E-state index contributed by atoms with van der Waals surface area (Å²) < 4.78 is 0. The number of Topliss-reactive ketones (excluding diaryl/α,β-unsaturated/α-hetero) is 1. The number of nitrogens with one attached hydrogen (secondary N) is 1. The van der Waals surface area contributed by atoms with Gasteiger partial charge in [-0.25, -0.2) is 5.01 Å². The number of likely N-dealkylation sites (N-methyl/N-ethyl adjacent to an activating group) is 1. The van der Waals surface area contributed by atoms with Crippen LogP contribution in [0.2, 0.25) is 0 Å². The van der Waals surface area contributed by atoms with Crippen LogP contribution in [0.5, 0.6) is 0 Å². The van der Waals surface area contributed by atoms with Crippen molar-refractivity contribution < 1.29 is 9.59 Å². The Kier molecular flexibility index (Phi) is 4.03. The lowest BCUT2D eigenvalue weighted by atomic mass is 10.1. The molecule has 5 nitrogen and oxygen atoms in total. The minimum Gasteiger partial charge on any atom is -0.318 e. The number of hydrazine groups is 1. The third-order valence-corrected chi connectivity index (χ3v) is 2.50.